The molecule has 0 amide bonds. The predicted octanol–water partition coefficient (Wildman–Crippen LogP) is 2.61. The lowest BCUT2D eigenvalue weighted by Crippen LogP contribution is -2.46. The minimum atomic E-state index is 0.0744. The number of halogens is 1. The summed E-state index contributed by atoms with van der Waals surface area (Å²) in [5, 5.41) is 0. The summed E-state index contributed by atoms with van der Waals surface area (Å²) in [7, 11) is 0. The van der Waals surface area contributed by atoms with Crippen LogP contribution in [0.2, 0.25) is 0 Å². The fourth-order valence-corrected chi connectivity index (χ4v) is 3.13. The van der Waals surface area contributed by atoms with Crippen molar-refractivity contribution in [3.63, 3.8) is 0 Å². The van der Waals surface area contributed by atoms with Crippen LogP contribution in [0.3, 0.4) is 0 Å². The molecule has 0 spiro atoms. The SMILES string of the molecule is CCN1CCN(c2ccc(C(C)N)c(Br)c2)CC1. The van der Waals surface area contributed by atoms with Gasteiger partial charge >= 0.3 is 0 Å². The Balaban J connectivity index is 2.08. The van der Waals surface area contributed by atoms with E-state index in [1.165, 1.54) is 11.3 Å². The van der Waals surface area contributed by atoms with Crippen molar-refractivity contribution in [1.82, 2.24) is 4.90 Å². The molecule has 0 radical (unpaired) electrons. The first-order valence-electron chi connectivity index (χ1n) is 6.64. The van der Waals surface area contributed by atoms with E-state index in [9.17, 15) is 0 Å². The summed E-state index contributed by atoms with van der Waals surface area (Å²) in [5.41, 5.74) is 8.39. The fraction of sp³-hybridized carbons (Fsp3) is 0.571. The minimum Gasteiger partial charge on any atom is -0.369 e. The molecule has 2 rings (SSSR count). The molecule has 4 heteroatoms. The highest BCUT2D eigenvalue weighted by Gasteiger charge is 2.16. The van der Waals surface area contributed by atoms with E-state index >= 15 is 0 Å². The molecule has 1 atom stereocenters. The maximum Gasteiger partial charge on any atom is 0.0378 e. The van der Waals surface area contributed by atoms with Gasteiger partial charge < -0.3 is 15.5 Å². The Kier molecular flexibility index (Phi) is 4.65. The van der Waals surface area contributed by atoms with Gasteiger partial charge in [-0.05, 0) is 31.2 Å². The standard InChI is InChI=1S/C14H22BrN3/c1-3-17-6-8-18(9-7-17)12-4-5-13(11(2)16)14(15)10-12/h4-5,10-11H,3,6-9,16H2,1-2H3. The van der Waals surface area contributed by atoms with Crippen LogP contribution in [-0.2, 0) is 0 Å². The second kappa shape index (κ2) is 6.04. The summed E-state index contributed by atoms with van der Waals surface area (Å²) < 4.78 is 1.12. The third kappa shape index (κ3) is 3.05. The lowest BCUT2D eigenvalue weighted by atomic mass is 10.1. The quantitative estimate of drug-likeness (QED) is 0.931. The highest BCUT2D eigenvalue weighted by atomic mass is 79.9. The summed E-state index contributed by atoms with van der Waals surface area (Å²) in [6.07, 6.45) is 0. The van der Waals surface area contributed by atoms with E-state index in [1.807, 2.05) is 6.92 Å². The number of nitrogens with two attached hydrogens (primary N) is 1. The molecule has 3 nitrogen and oxygen atoms in total. The van der Waals surface area contributed by atoms with E-state index in [-0.39, 0.29) is 6.04 Å². The third-order valence-electron chi connectivity index (χ3n) is 3.66. The van der Waals surface area contributed by atoms with Crippen molar-refractivity contribution in [3.8, 4) is 0 Å². The van der Waals surface area contributed by atoms with Crippen molar-refractivity contribution in [3.05, 3.63) is 28.2 Å². The number of piperazine rings is 1. The van der Waals surface area contributed by atoms with E-state index < -0.39 is 0 Å². The molecule has 18 heavy (non-hydrogen) atoms. The minimum absolute atomic E-state index is 0.0744. The molecule has 0 aromatic heterocycles. The van der Waals surface area contributed by atoms with Gasteiger partial charge in [0.05, 0.1) is 0 Å². The third-order valence-corrected chi connectivity index (χ3v) is 4.35. The van der Waals surface area contributed by atoms with E-state index in [2.05, 4.69) is 50.9 Å². The molecule has 1 saturated heterocycles. The largest absolute Gasteiger partial charge is 0.369 e. The number of anilines is 1. The molecule has 1 fully saturated rings. The molecule has 1 aromatic rings. The van der Waals surface area contributed by atoms with Gasteiger partial charge in [0.1, 0.15) is 0 Å². The van der Waals surface area contributed by atoms with Crippen molar-refractivity contribution in [2.24, 2.45) is 5.73 Å². The molecule has 0 saturated carbocycles. The van der Waals surface area contributed by atoms with Crippen LogP contribution in [0.1, 0.15) is 25.5 Å². The normalized spacial score (nSPS) is 19.0. The molecular formula is C14H22BrN3. The van der Waals surface area contributed by atoms with Gasteiger partial charge in [0, 0.05) is 42.4 Å². The van der Waals surface area contributed by atoms with E-state index in [0.717, 1.165) is 37.2 Å². The van der Waals surface area contributed by atoms with Crippen LogP contribution in [-0.4, -0.2) is 37.6 Å². The zero-order chi connectivity index (χ0) is 13.1. The topological polar surface area (TPSA) is 32.5 Å². The second-order valence-corrected chi connectivity index (χ2v) is 5.77. The van der Waals surface area contributed by atoms with Crippen molar-refractivity contribution < 1.29 is 0 Å². The lowest BCUT2D eigenvalue weighted by Gasteiger charge is -2.35. The molecular weight excluding hydrogens is 290 g/mol. The number of benzene rings is 1. The van der Waals surface area contributed by atoms with E-state index in [0.29, 0.717) is 0 Å². The molecule has 0 bridgehead atoms. The van der Waals surface area contributed by atoms with Gasteiger partial charge in [0.2, 0.25) is 0 Å². The van der Waals surface area contributed by atoms with Crippen LogP contribution in [0.5, 0.6) is 0 Å². The molecule has 1 aliphatic rings. The van der Waals surface area contributed by atoms with Crippen molar-refractivity contribution in [1.29, 1.82) is 0 Å². The summed E-state index contributed by atoms with van der Waals surface area (Å²) >= 11 is 3.62. The smallest absolute Gasteiger partial charge is 0.0378 e. The maximum atomic E-state index is 5.93. The number of nitrogens with zero attached hydrogens (tertiary/aromatic N) is 2. The van der Waals surface area contributed by atoms with Gasteiger partial charge in [0.15, 0.2) is 0 Å². The Hall–Kier alpha value is -0.580. The zero-order valence-corrected chi connectivity index (χ0v) is 12.8. The van der Waals surface area contributed by atoms with Crippen LogP contribution in [0.4, 0.5) is 5.69 Å². The molecule has 1 aliphatic heterocycles. The summed E-state index contributed by atoms with van der Waals surface area (Å²) in [4.78, 5) is 4.93. The molecule has 1 aromatic carbocycles. The summed E-state index contributed by atoms with van der Waals surface area (Å²) in [5.74, 6) is 0. The lowest BCUT2D eigenvalue weighted by molar-refractivity contribution is 0.271. The average Bonchev–Trinajstić information content (AvgIpc) is 2.38. The molecule has 1 heterocycles. The van der Waals surface area contributed by atoms with Gasteiger partial charge in [-0.2, -0.15) is 0 Å². The highest BCUT2D eigenvalue weighted by molar-refractivity contribution is 9.10. The molecule has 100 valence electrons. The average molecular weight is 312 g/mol. The van der Waals surface area contributed by atoms with Crippen LogP contribution in [0.15, 0.2) is 22.7 Å². The van der Waals surface area contributed by atoms with Crippen molar-refractivity contribution in [2.75, 3.05) is 37.6 Å². The number of hydrogen-bond donors (Lipinski definition) is 1. The van der Waals surface area contributed by atoms with E-state index in [1.54, 1.807) is 0 Å². The number of rotatable bonds is 3. The Morgan fingerprint density at radius 1 is 1.28 bits per heavy atom. The van der Waals surface area contributed by atoms with Crippen molar-refractivity contribution in [2.45, 2.75) is 19.9 Å². The van der Waals surface area contributed by atoms with Gasteiger partial charge in [-0.1, -0.05) is 28.9 Å². The predicted molar refractivity (Wildman–Crippen MR) is 81.1 cm³/mol. The fourth-order valence-electron chi connectivity index (χ4n) is 2.40. The van der Waals surface area contributed by atoms with Crippen LogP contribution in [0, 0.1) is 0 Å². The van der Waals surface area contributed by atoms with Gasteiger partial charge in [0.25, 0.3) is 0 Å². The zero-order valence-electron chi connectivity index (χ0n) is 11.2. The summed E-state index contributed by atoms with van der Waals surface area (Å²) in [6.45, 7) is 9.92. The van der Waals surface area contributed by atoms with Crippen molar-refractivity contribution >= 4 is 21.6 Å². The first kappa shape index (κ1) is 13.8. The second-order valence-electron chi connectivity index (χ2n) is 4.92. The Labute approximate surface area is 118 Å². The van der Waals surface area contributed by atoms with Gasteiger partial charge in [-0.3, -0.25) is 0 Å². The number of likely N-dealkylation sites (N-methyl/N-ethyl adjacent to an activating group) is 1. The van der Waals surface area contributed by atoms with Crippen LogP contribution < -0.4 is 10.6 Å². The first-order valence-corrected chi connectivity index (χ1v) is 7.43. The monoisotopic (exact) mass is 311 g/mol. The summed E-state index contributed by atoms with van der Waals surface area (Å²) in [6, 6.07) is 6.59. The molecule has 0 aliphatic carbocycles. The highest BCUT2D eigenvalue weighted by Crippen LogP contribution is 2.27. The maximum absolute atomic E-state index is 5.93. The Bertz CT molecular complexity index is 398. The van der Waals surface area contributed by atoms with Gasteiger partial charge in [-0.15, -0.1) is 0 Å². The molecule has 1 unspecified atom stereocenters. The van der Waals surface area contributed by atoms with Gasteiger partial charge in [-0.25, -0.2) is 0 Å². The van der Waals surface area contributed by atoms with Crippen LogP contribution >= 0.6 is 15.9 Å². The van der Waals surface area contributed by atoms with E-state index in [4.69, 9.17) is 5.73 Å². The van der Waals surface area contributed by atoms with Crippen LogP contribution in [0.25, 0.3) is 0 Å². The Morgan fingerprint density at radius 3 is 2.44 bits per heavy atom. The first-order chi connectivity index (χ1) is 8.61. The Morgan fingerprint density at radius 2 is 1.94 bits per heavy atom. The number of hydrogen-bond acceptors (Lipinski definition) is 3. The molecule has 2 N–H and O–H groups in total.